The lowest BCUT2D eigenvalue weighted by molar-refractivity contribution is -0.137. The van der Waals surface area contributed by atoms with E-state index in [0.717, 1.165) is 44.6 Å². The average Bonchev–Trinajstić information content (AvgIpc) is 2.59. The van der Waals surface area contributed by atoms with E-state index in [-0.39, 0.29) is 0 Å². The van der Waals surface area contributed by atoms with E-state index in [1.54, 1.807) is 18.3 Å². The summed E-state index contributed by atoms with van der Waals surface area (Å²) in [6.07, 6.45) is -2.61. The summed E-state index contributed by atoms with van der Waals surface area (Å²) >= 11 is 0. The molecule has 0 unspecified atom stereocenters. The van der Waals surface area contributed by atoms with Crippen molar-refractivity contribution in [1.29, 1.82) is 0 Å². The summed E-state index contributed by atoms with van der Waals surface area (Å²) in [7, 11) is 0. The molecule has 1 heterocycles. The van der Waals surface area contributed by atoms with Crippen molar-refractivity contribution in [1.82, 2.24) is 4.98 Å². The van der Waals surface area contributed by atoms with E-state index < -0.39 is 11.7 Å². The Bertz CT molecular complexity index is 1120. The van der Waals surface area contributed by atoms with E-state index in [1.807, 2.05) is 26.0 Å². The van der Waals surface area contributed by atoms with Crippen molar-refractivity contribution in [2.45, 2.75) is 20.0 Å². The highest BCUT2D eigenvalue weighted by Gasteiger charge is 2.30. The zero-order valence-electron chi connectivity index (χ0n) is 14.4. The van der Waals surface area contributed by atoms with Crippen LogP contribution in [-0.2, 0) is 6.18 Å². The average molecular weight is 351 g/mol. The third-order valence-electron chi connectivity index (χ3n) is 4.57. The number of hydrogen-bond donors (Lipinski definition) is 0. The number of fused-ring (bicyclic) bond motifs is 3. The highest BCUT2D eigenvalue weighted by molar-refractivity contribution is 6.13. The number of pyridine rings is 1. The molecular formula is C22H16F3N. The van der Waals surface area contributed by atoms with Crippen LogP contribution in [-0.4, -0.2) is 4.98 Å². The van der Waals surface area contributed by atoms with Crippen molar-refractivity contribution in [2.75, 3.05) is 0 Å². The number of halogens is 3. The van der Waals surface area contributed by atoms with Gasteiger partial charge in [0.1, 0.15) is 0 Å². The quantitative estimate of drug-likeness (QED) is 0.348. The summed E-state index contributed by atoms with van der Waals surface area (Å²) in [5.41, 5.74) is 3.37. The molecule has 4 heteroatoms. The molecule has 0 bridgehead atoms. The lowest BCUT2D eigenvalue weighted by Crippen LogP contribution is -2.04. The van der Waals surface area contributed by atoms with E-state index in [4.69, 9.17) is 0 Å². The Labute approximate surface area is 149 Å². The minimum absolute atomic E-state index is 0.561. The van der Waals surface area contributed by atoms with Gasteiger partial charge in [-0.25, -0.2) is 0 Å². The molecule has 0 aliphatic heterocycles. The zero-order valence-corrected chi connectivity index (χ0v) is 14.4. The van der Waals surface area contributed by atoms with Gasteiger partial charge in [0.05, 0.1) is 11.3 Å². The van der Waals surface area contributed by atoms with Crippen LogP contribution in [0.15, 0.2) is 60.8 Å². The molecular weight excluding hydrogens is 335 g/mol. The standard InChI is InChI=1S/C22H16F3N/c1-13-9-14(2)11-17(10-13)21-20-15(7-8-26-21)3-4-16-12-18(22(23,24)25)5-6-19(16)20/h3-12H,1-2H3. The van der Waals surface area contributed by atoms with Gasteiger partial charge in [0.25, 0.3) is 0 Å². The Morgan fingerprint density at radius 1 is 0.769 bits per heavy atom. The Kier molecular flexibility index (Phi) is 3.72. The first-order valence-corrected chi connectivity index (χ1v) is 8.30. The topological polar surface area (TPSA) is 12.9 Å². The second-order valence-electron chi connectivity index (χ2n) is 6.63. The molecule has 4 rings (SSSR count). The predicted molar refractivity (Wildman–Crippen MR) is 99.2 cm³/mol. The SMILES string of the molecule is Cc1cc(C)cc(-c2nccc3ccc4cc(C(F)(F)F)ccc4c23)c1. The lowest BCUT2D eigenvalue weighted by atomic mass is 9.95. The largest absolute Gasteiger partial charge is 0.416 e. The Hall–Kier alpha value is -2.88. The lowest BCUT2D eigenvalue weighted by Gasteiger charge is -2.12. The summed E-state index contributed by atoms with van der Waals surface area (Å²) in [5, 5.41) is 3.17. The molecule has 0 radical (unpaired) electrons. The molecule has 1 nitrogen and oxygen atoms in total. The molecule has 0 fully saturated rings. The first-order valence-electron chi connectivity index (χ1n) is 8.30. The fraction of sp³-hybridized carbons (Fsp3) is 0.136. The van der Waals surface area contributed by atoms with Crippen LogP contribution in [0.4, 0.5) is 13.2 Å². The molecule has 0 saturated heterocycles. The molecule has 0 atom stereocenters. The molecule has 0 aliphatic carbocycles. The van der Waals surface area contributed by atoms with Gasteiger partial charge in [-0.2, -0.15) is 13.2 Å². The van der Waals surface area contributed by atoms with Crippen LogP contribution >= 0.6 is 0 Å². The molecule has 26 heavy (non-hydrogen) atoms. The maximum Gasteiger partial charge on any atom is 0.416 e. The zero-order chi connectivity index (χ0) is 18.5. The van der Waals surface area contributed by atoms with Crippen LogP contribution in [0.2, 0.25) is 0 Å². The van der Waals surface area contributed by atoms with Gasteiger partial charge in [-0.15, -0.1) is 0 Å². The van der Waals surface area contributed by atoms with Gasteiger partial charge in [0.15, 0.2) is 0 Å². The fourth-order valence-corrected chi connectivity index (χ4v) is 3.51. The maximum atomic E-state index is 13.1. The number of aryl methyl sites for hydroxylation is 2. The van der Waals surface area contributed by atoms with E-state index in [0.29, 0.717) is 5.39 Å². The molecule has 4 aromatic rings. The van der Waals surface area contributed by atoms with Crippen molar-refractivity contribution in [3.8, 4) is 11.3 Å². The van der Waals surface area contributed by atoms with E-state index in [1.165, 1.54) is 6.07 Å². The molecule has 0 aliphatic rings. The summed E-state index contributed by atoms with van der Waals surface area (Å²) in [5.74, 6) is 0. The second kappa shape index (κ2) is 5.84. The van der Waals surface area contributed by atoms with Gasteiger partial charge in [0, 0.05) is 17.1 Å². The fourth-order valence-electron chi connectivity index (χ4n) is 3.51. The van der Waals surface area contributed by atoms with Crippen LogP contribution in [0.1, 0.15) is 16.7 Å². The summed E-state index contributed by atoms with van der Waals surface area (Å²) < 4.78 is 39.2. The molecule has 1 aromatic heterocycles. The van der Waals surface area contributed by atoms with Crippen molar-refractivity contribution >= 4 is 21.5 Å². The molecule has 0 amide bonds. The minimum atomic E-state index is -4.35. The molecule has 0 N–H and O–H groups in total. The Morgan fingerprint density at radius 2 is 1.46 bits per heavy atom. The van der Waals surface area contributed by atoms with E-state index in [2.05, 4.69) is 23.2 Å². The van der Waals surface area contributed by atoms with Gasteiger partial charge >= 0.3 is 6.18 Å². The van der Waals surface area contributed by atoms with Crippen molar-refractivity contribution in [2.24, 2.45) is 0 Å². The smallest absolute Gasteiger partial charge is 0.256 e. The van der Waals surface area contributed by atoms with Crippen molar-refractivity contribution in [3.63, 3.8) is 0 Å². The van der Waals surface area contributed by atoms with E-state index in [9.17, 15) is 13.2 Å². The van der Waals surface area contributed by atoms with Crippen LogP contribution in [0.25, 0.3) is 32.8 Å². The third-order valence-corrected chi connectivity index (χ3v) is 4.57. The number of alkyl halides is 3. The number of benzene rings is 3. The highest BCUT2D eigenvalue weighted by Crippen LogP contribution is 2.36. The summed E-state index contributed by atoms with van der Waals surface area (Å²) in [4.78, 5) is 4.56. The number of rotatable bonds is 1. The predicted octanol–water partition coefficient (Wildman–Crippen LogP) is 6.69. The first kappa shape index (κ1) is 16.6. The summed E-state index contributed by atoms with van der Waals surface area (Å²) in [6.45, 7) is 4.05. The van der Waals surface area contributed by atoms with Crippen LogP contribution < -0.4 is 0 Å². The number of aromatic nitrogens is 1. The van der Waals surface area contributed by atoms with Gasteiger partial charge in [0.2, 0.25) is 0 Å². The monoisotopic (exact) mass is 351 g/mol. The third kappa shape index (κ3) is 2.81. The van der Waals surface area contributed by atoms with Crippen LogP contribution in [0, 0.1) is 13.8 Å². The first-order chi connectivity index (χ1) is 12.3. The Morgan fingerprint density at radius 3 is 2.15 bits per heavy atom. The molecule has 3 aromatic carbocycles. The van der Waals surface area contributed by atoms with Crippen molar-refractivity contribution in [3.05, 3.63) is 77.5 Å². The normalized spacial score (nSPS) is 12.0. The maximum absolute atomic E-state index is 13.1. The van der Waals surface area contributed by atoms with Crippen molar-refractivity contribution < 1.29 is 13.2 Å². The van der Waals surface area contributed by atoms with Crippen LogP contribution in [0.3, 0.4) is 0 Å². The molecule has 0 saturated carbocycles. The molecule has 0 spiro atoms. The van der Waals surface area contributed by atoms with Gasteiger partial charge in [-0.3, -0.25) is 4.98 Å². The number of hydrogen-bond acceptors (Lipinski definition) is 1. The summed E-state index contributed by atoms with van der Waals surface area (Å²) in [6, 6.07) is 15.6. The van der Waals surface area contributed by atoms with Gasteiger partial charge < -0.3 is 0 Å². The molecule has 130 valence electrons. The van der Waals surface area contributed by atoms with Gasteiger partial charge in [-0.05, 0) is 60.3 Å². The second-order valence-corrected chi connectivity index (χ2v) is 6.63. The van der Waals surface area contributed by atoms with Crippen LogP contribution in [0.5, 0.6) is 0 Å². The number of nitrogens with zero attached hydrogens (tertiary/aromatic N) is 1. The Balaban J connectivity index is 2.06. The minimum Gasteiger partial charge on any atom is -0.256 e. The van der Waals surface area contributed by atoms with E-state index >= 15 is 0 Å². The van der Waals surface area contributed by atoms with Gasteiger partial charge in [-0.1, -0.05) is 35.4 Å². The highest BCUT2D eigenvalue weighted by atomic mass is 19.4.